The van der Waals surface area contributed by atoms with E-state index in [9.17, 15) is 9.59 Å². The van der Waals surface area contributed by atoms with Crippen LogP contribution in [0.4, 0.5) is 21.0 Å². The molecule has 4 N–H and O–H groups in total. The third-order valence-corrected chi connectivity index (χ3v) is 5.03. The lowest BCUT2D eigenvalue weighted by molar-refractivity contribution is 0.233. The van der Waals surface area contributed by atoms with Gasteiger partial charge in [-0.15, -0.1) is 0 Å². The van der Waals surface area contributed by atoms with E-state index in [0.717, 1.165) is 25.7 Å². The second-order valence-electron chi connectivity index (χ2n) is 6.77. The Morgan fingerprint density at radius 1 is 0.714 bits per heavy atom. The van der Waals surface area contributed by atoms with Crippen LogP contribution in [0.25, 0.3) is 0 Å². The van der Waals surface area contributed by atoms with Crippen molar-refractivity contribution in [2.45, 2.75) is 37.8 Å². The second kappa shape index (κ2) is 9.66. The Morgan fingerprint density at radius 2 is 1.11 bits per heavy atom. The molecule has 0 heterocycles. The fourth-order valence-electron chi connectivity index (χ4n) is 3.22. The number of carbonyl (C=O) groups excluding carboxylic acids is 2. The highest BCUT2D eigenvalue weighted by Crippen LogP contribution is 2.20. The van der Waals surface area contributed by atoms with E-state index in [1.54, 1.807) is 48.5 Å². The third-order valence-electron chi connectivity index (χ3n) is 4.56. The molecule has 28 heavy (non-hydrogen) atoms. The van der Waals surface area contributed by atoms with Crippen LogP contribution in [0, 0.1) is 0 Å². The van der Waals surface area contributed by atoms with Gasteiger partial charge in [0.2, 0.25) is 0 Å². The van der Waals surface area contributed by atoms with Gasteiger partial charge in [0, 0.05) is 33.5 Å². The van der Waals surface area contributed by atoms with Gasteiger partial charge in [-0.1, -0.05) is 35.3 Å². The monoisotopic (exact) mass is 420 g/mol. The molecule has 4 amide bonds. The van der Waals surface area contributed by atoms with Gasteiger partial charge >= 0.3 is 12.1 Å². The summed E-state index contributed by atoms with van der Waals surface area (Å²) in [6.45, 7) is 0. The molecule has 1 aliphatic rings. The molecule has 8 heteroatoms. The number of amides is 4. The molecule has 1 aliphatic carbocycles. The molecular weight excluding hydrogens is 399 g/mol. The average Bonchev–Trinajstić information content (AvgIpc) is 2.63. The highest BCUT2D eigenvalue weighted by Gasteiger charge is 2.23. The van der Waals surface area contributed by atoms with Crippen molar-refractivity contribution in [3.05, 3.63) is 58.6 Å². The van der Waals surface area contributed by atoms with Crippen molar-refractivity contribution < 1.29 is 9.59 Å². The number of nitrogens with one attached hydrogen (secondary N) is 4. The zero-order chi connectivity index (χ0) is 19.9. The van der Waals surface area contributed by atoms with E-state index < -0.39 is 0 Å². The van der Waals surface area contributed by atoms with E-state index in [2.05, 4.69) is 21.3 Å². The van der Waals surface area contributed by atoms with Crippen LogP contribution in [0.2, 0.25) is 10.0 Å². The molecule has 0 aliphatic heterocycles. The van der Waals surface area contributed by atoms with E-state index in [0.29, 0.717) is 21.4 Å². The zero-order valence-corrected chi connectivity index (χ0v) is 16.7. The van der Waals surface area contributed by atoms with Crippen LogP contribution in [0.3, 0.4) is 0 Å². The minimum absolute atomic E-state index is 0.0771. The lowest BCUT2D eigenvalue weighted by atomic mass is 9.91. The van der Waals surface area contributed by atoms with E-state index in [4.69, 9.17) is 23.2 Å². The minimum atomic E-state index is -0.252. The number of carbonyl (C=O) groups is 2. The predicted molar refractivity (Wildman–Crippen MR) is 113 cm³/mol. The Morgan fingerprint density at radius 3 is 1.46 bits per heavy atom. The molecule has 148 valence electrons. The van der Waals surface area contributed by atoms with Gasteiger partial charge in [0.05, 0.1) is 0 Å². The van der Waals surface area contributed by atoms with Crippen LogP contribution < -0.4 is 21.3 Å². The van der Waals surface area contributed by atoms with E-state index in [1.165, 1.54) is 0 Å². The first-order chi connectivity index (χ1) is 13.5. The number of hydrogen-bond acceptors (Lipinski definition) is 2. The maximum absolute atomic E-state index is 12.1. The summed E-state index contributed by atoms with van der Waals surface area (Å²) in [6.07, 6.45) is 3.19. The van der Waals surface area contributed by atoms with Gasteiger partial charge in [-0.05, 0) is 62.1 Å². The van der Waals surface area contributed by atoms with Crippen LogP contribution >= 0.6 is 23.2 Å². The molecule has 1 fully saturated rings. The maximum atomic E-state index is 12.1. The summed E-state index contributed by atoms with van der Waals surface area (Å²) in [5.74, 6) is 0. The number of halogens is 2. The van der Waals surface area contributed by atoms with Gasteiger partial charge in [0.25, 0.3) is 0 Å². The van der Waals surface area contributed by atoms with Crippen molar-refractivity contribution in [2.24, 2.45) is 0 Å². The molecule has 0 saturated heterocycles. The van der Waals surface area contributed by atoms with Crippen molar-refractivity contribution in [1.82, 2.24) is 10.6 Å². The minimum Gasteiger partial charge on any atom is -0.335 e. The van der Waals surface area contributed by atoms with Gasteiger partial charge < -0.3 is 21.3 Å². The first-order valence-corrected chi connectivity index (χ1v) is 9.90. The molecule has 0 aromatic heterocycles. The molecule has 6 nitrogen and oxygen atoms in total. The molecule has 1 saturated carbocycles. The lowest BCUT2D eigenvalue weighted by Gasteiger charge is -2.29. The van der Waals surface area contributed by atoms with Crippen molar-refractivity contribution in [1.29, 1.82) is 0 Å². The Kier molecular flexibility index (Phi) is 7.01. The Hall–Kier alpha value is -2.44. The predicted octanol–water partition coefficient (Wildman–Crippen LogP) is 5.25. The summed E-state index contributed by atoms with van der Waals surface area (Å²) >= 11 is 11.8. The van der Waals surface area contributed by atoms with Gasteiger partial charge in [0.15, 0.2) is 0 Å². The standard InChI is InChI=1S/C20H22Cl2N4O2/c21-13-3-1-5-17(11-13)25-19(27)23-15-7-9-16(10-8-15)24-20(28)26-18-6-2-4-14(22)12-18/h1-6,11-12,15-16H,7-10H2,(H2,23,25,27)(H2,24,26,28). The average molecular weight is 421 g/mol. The van der Waals surface area contributed by atoms with Crippen LogP contribution in [0.1, 0.15) is 25.7 Å². The lowest BCUT2D eigenvalue weighted by Crippen LogP contribution is -2.45. The Labute approximate surface area is 174 Å². The number of benzene rings is 2. The van der Waals surface area contributed by atoms with Gasteiger partial charge in [-0.2, -0.15) is 0 Å². The first-order valence-electron chi connectivity index (χ1n) is 9.14. The van der Waals surface area contributed by atoms with Gasteiger partial charge in [-0.25, -0.2) is 9.59 Å². The SMILES string of the molecule is O=C(Nc1cccc(Cl)c1)NC1CCC(NC(=O)Nc2cccc(Cl)c2)CC1. The van der Waals surface area contributed by atoms with Crippen molar-refractivity contribution in [2.75, 3.05) is 10.6 Å². The fourth-order valence-corrected chi connectivity index (χ4v) is 3.60. The molecule has 0 atom stereocenters. The quantitative estimate of drug-likeness (QED) is 0.544. The van der Waals surface area contributed by atoms with Crippen LogP contribution in [0.5, 0.6) is 0 Å². The summed E-state index contributed by atoms with van der Waals surface area (Å²) in [4.78, 5) is 24.3. The fraction of sp³-hybridized carbons (Fsp3) is 0.300. The number of urea groups is 2. The first kappa shape index (κ1) is 20.3. The van der Waals surface area contributed by atoms with E-state index in [-0.39, 0.29) is 24.1 Å². The topological polar surface area (TPSA) is 82.3 Å². The van der Waals surface area contributed by atoms with Crippen molar-refractivity contribution in [3.8, 4) is 0 Å². The summed E-state index contributed by atoms with van der Waals surface area (Å²) in [5.41, 5.74) is 1.30. The van der Waals surface area contributed by atoms with Crippen LogP contribution in [0.15, 0.2) is 48.5 Å². The van der Waals surface area contributed by atoms with Gasteiger partial charge in [-0.3, -0.25) is 0 Å². The number of hydrogen-bond donors (Lipinski definition) is 4. The van der Waals surface area contributed by atoms with Crippen molar-refractivity contribution in [3.63, 3.8) is 0 Å². The molecular formula is C20H22Cl2N4O2. The maximum Gasteiger partial charge on any atom is 0.319 e. The van der Waals surface area contributed by atoms with Crippen LogP contribution in [-0.2, 0) is 0 Å². The molecule has 0 unspecified atom stereocenters. The van der Waals surface area contributed by atoms with Crippen molar-refractivity contribution >= 4 is 46.6 Å². The van der Waals surface area contributed by atoms with Gasteiger partial charge in [0.1, 0.15) is 0 Å². The molecule has 0 bridgehead atoms. The largest absolute Gasteiger partial charge is 0.335 e. The summed E-state index contributed by atoms with van der Waals surface area (Å²) in [5, 5.41) is 12.6. The molecule has 3 rings (SSSR count). The normalized spacial score (nSPS) is 18.8. The number of anilines is 2. The van der Waals surface area contributed by atoms with Crippen LogP contribution in [-0.4, -0.2) is 24.1 Å². The Balaban J connectivity index is 1.39. The highest BCUT2D eigenvalue weighted by atomic mass is 35.5. The second-order valence-corrected chi connectivity index (χ2v) is 7.64. The molecule has 2 aromatic carbocycles. The summed E-state index contributed by atoms with van der Waals surface area (Å²) < 4.78 is 0. The molecule has 0 radical (unpaired) electrons. The zero-order valence-electron chi connectivity index (χ0n) is 15.2. The highest BCUT2D eigenvalue weighted by molar-refractivity contribution is 6.31. The molecule has 0 spiro atoms. The summed E-state index contributed by atoms with van der Waals surface area (Å²) in [7, 11) is 0. The summed E-state index contributed by atoms with van der Waals surface area (Å²) in [6, 6.07) is 13.7. The van der Waals surface area contributed by atoms with E-state index in [1.807, 2.05) is 0 Å². The molecule has 2 aromatic rings. The van der Waals surface area contributed by atoms with E-state index >= 15 is 0 Å². The Bertz CT molecular complexity index is 769. The number of rotatable bonds is 4. The smallest absolute Gasteiger partial charge is 0.319 e. The third kappa shape index (κ3) is 6.32.